The van der Waals surface area contributed by atoms with Gasteiger partial charge in [-0.3, -0.25) is 19.7 Å². The molecule has 2 aromatic carbocycles. The fraction of sp³-hybridized carbons (Fsp3) is 0.333. The van der Waals surface area contributed by atoms with E-state index >= 15 is 0 Å². The molecule has 1 amide bonds. The van der Waals surface area contributed by atoms with Crippen LogP contribution in [0.1, 0.15) is 53.4 Å². The second-order valence-corrected chi connectivity index (χ2v) is 7.04. The molecule has 7 nitrogen and oxygen atoms in total. The summed E-state index contributed by atoms with van der Waals surface area (Å²) in [5.41, 5.74) is 0.823. The van der Waals surface area contributed by atoms with Crippen molar-refractivity contribution in [1.29, 1.82) is 0 Å². The Morgan fingerprint density at radius 3 is 2.34 bits per heavy atom. The Bertz CT molecular complexity index is 925. The second-order valence-electron chi connectivity index (χ2n) is 7.04. The van der Waals surface area contributed by atoms with Crippen LogP contribution in [0.2, 0.25) is 0 Å². The van der Waals surface area contributed by atoms with E-state index in [4.69, 9.17) is 4.74 Å². The molecule has 1 atom stereocenters. The van der Waals surface area contributed by atoms with Crippen molar-refractivity contribution in [2.24, 2.45) is 0 Å². The van der Waals surface area contributed by atoms with E-state index in [1.54, 1.807) is 26.0 Å². The zero-order chi connectivity index (χ0) is 21.7. The van der Waals surface area contributed by atoms with Gasteiger partial charge in [0.1, 0.15) is 5.82 Å². The van der Waals surface area contributed by atoms with Crippen LogP contribution in [0.3, 0.4) is 0 Å². The van der Waals surface area contributed by atoms with Crippen LogP contribution in [0.25, 0.3) is 0 Å². The summed E-state index contributed by atoms with van der Waals surface area (Å²) in [5.74, 6) is -2.09. The Morgan fingerprint density at radius 1 is 1.17 bits per heavy atom. The number of benzene rings is 2. The summed E-state index contributed by atoms with van der Waals surface area (Å²) in [5, 5.41) is 13.8. The van der Waals surface area contributed by atoms with E-state index in [2.05, 4.69) is 5.32 Å². The summed E-state index contributed by atoms with van der Waals surface area (Å²) in [7, 11) is 0. The number of amides is 1. The van der Waals surface area contributed by atoms with E-state index < -0.39 is 34.3 Å². The lowest BCUT2D eigenvalue weighted by Gasteiger charge is -2.20. The molecule has 2 aromatic rings. The fourth-order valence-electron chi connectivity index (χ4n) is 2.76. The van der Waals surface area contributed by atoms with Crippen molar-refractivity contribution in [3.05, 3.63) is 74.6 Å². The minimum Gasteiger partial charge on any atom is -0.463 e. The standard InChI is InChI=1S/C21H23FN2O5/c1-12(2)29-20(25)11-18(15-7-5-13(3)6-8-15)23-21(26)16-9-17(22)14(4)19(10-16)24(27)28/h5-10,12,18H,11H2,1-4H3,(H,23,26). The van der Waals surface area contributed by atoms with Crippen LogP contribution in [0.15, 0.2) is 36.4 Å². The van der Waals surface area contributed by atoms with E-state index in [1.165, 1.54) is 6.92 Å². The maximum atomic E-state index is 14.1. The Labute approximate surface area is 168 Å². The average molecular weight is 402 g/mol. The molecule has 0 aliphatic heterocycles. The van der Waals surface area contributed by atoms with Crippen LogP contribution in [-0.2, 0) is 9.53 Å². The molecular formula is C21H23FN2O5. The molecule has 0 aromatic heterocycles. The van der Waals surface area contributed by atoms with E-state index in [0.29, 0.717) is 5.56 Å². The number of hydrogen-bond acceptors (Lipinski definition) is 5. The minimum absolute atomic E-state index is 0.135. The van der Waals surface area contributed by atoms with E-state index in [-0.39, 0.29) is 23.7 Å². The monoisotopic (exact) mass is 402 g/mol. The van der Waals surface area contributed by atoms with Gasteiger partial charge in [0.15, 0.2) is 0 Å². The third kappa shape index (κ3) is 5.84. The van der Waals surface area contributed by atoms with Crippen molar-refractivity contribution in [3.8, 4) is 0 Å². The number of aryl methyl sites for hydroxylation is 1. The molecule has 154 valence electrons. The molecule has 1 unspecified atom stereocenters. The van der Waals surface area contributed by atoms with Crippen LogP contribution in [0, 0.1) is 29.8 Å². The first kappa shape index (κ1) is 22.0. The normalized spacial score (nSPS) is 11.8. The largest absolute Gasteiger partial charge is 0.463 e. The van der Waals surface area contributed by atoms with E-state index in [9.17, 15) is 24.1 Å². The number of nitrogens with one attached hydrogen (secondary N) is 1. The highest BCUT2D eigenvalue weighted by atomic mass is 19.1. The van der Waals surface area contributed by atoms with Crippen molar-refractivity contribution in [1.82, 2.24) is 5.32 Å². The molecule has 1 N–H and O–H groups in total. The Hall–Kier alpha value is -3.29. The van der Waals surface area contributed by atoms with Crippen LogP contribution in [0.4, 0.5) is 10.1 Å². The lowest BCUT2D eigenvalue weighted by Crippen LogP contribution is -2.31. The number of esters is 1. The highest BCUT2D eigenvalue weighted by Gasteiger charge is 2.24. The topological polar surface area (TPSA) is 98.5 Å². The first-order valence-corrected chi connectivity index (χ1v) is 9.10. The maximum Gasteiger partial charge on any atom is 0.308 e. The molecule has 0 aliphatic carbocycles. The first-order chi connectivity index (χ1) is 13.6. The number of nitro benzene ring substituents is 1. The number of nitrogens with zero attached hydrogens (tertiary/aromatic N) is 1. The van der Waals surface area contributed by atoms with Gasteiger partial charge in [0.2, 0.25) is 0 Å². The van der Waals surface area contributed by atoms with Crippen molar-refractivity contribution < 1.29 is 23.6 Å². The van der Waals surface area contributed by atoms with Crippen LogP contribution < -0.4 is 5.32 Å². The van der Waals surface area contributed by atoms with Gasteiger partial charge in [-0.2, -0.15) is 0 Å². The van der Waals surface area contributed by atoms with Gasteiger partial charge in [0.25, 0.3) is 11.6 Å². The summed E-state index contributed by atoms with van der Waals surface area (Å²) < 4.78 is 19.2. The summed E-state index contributed by atoms with van der Waals surface area (Å²) >= 11 is 0. The average Bonchev–Trinajstić information content (AvgIpc) is 2.62. The molecule has 2 rings (SSSR count). The number of carbonyl (C=O) groups excluding carboxylic acids is 2. The van der Waals surface area contributed by atoms with Gasteiger partial charge in [-0.05, 0) is 39.3 Å². The second kappa shape index (κ2) is 9.27. The third-order valence-electron chi connectivity index (χ3n) is 4.30. The first-order valence-electron chi connectivity index (χ1n) is 9.10. The van der Waals surface area contributed by atoms with Gasteiger partial charge in [0.05, 0.1) is 29.1 Å². The zero-order valence-corrected chi connectivity index (χ0v) is 16.7. The van der Waals surface area contributed by atoms with Crippen LogP contribution >= 0.6 is 0 Å². The minimum atomic E-state index is -0.851. The third-order valence-corrected chi connectivity index (χ3v) is 4.30. The summed E-state index contributed by atoms with van der Waals surface area (Å²) in [4.78, 5) is 35.2. The molecular weight excluding hydrogens is 379 g/mol. The van der Waals surface area contributed by atoms with Gasteiger partial charge < -0.3 is 10.1 Å². The van der Waals surface area contributed by atoms with Crippen LogP contribution in [0.5, 0.6) is 0 Å². The van der Waals surface area contributed by atoms with Crippen molar-refractivity contribution in [2.75, 3.05) is 0 Å². The predicted molar refractivity (Wildman–Crippen MR) is 105 cm³/mol. The van der Waals surface area contributed by atoms with Crippen molar-refractivity contribution in [3.63, 3.8) is 0 Å². The number of halogens is 1. The Kier molecular flexibility index (Phi) is 7.03. The van der Waals surface area contributed by atoms with Gasteiger partial charge in [0, 0.05) is 11.6 Å². The zero-order valence-electron chi connectivity index (χ0n) is 16.7. The van der Waals surface area contributed by atoms with Gasteiger partial charge in [-0.1, -0.05) is 29.8 Å². The lowest BCUT2D eigenvalue weighted by molar-refractivity contribution is -0.385. The van der Waals surface area contributed by atoms with E-state index in [0.717, 1.165) is 17.7 Å². The molecule has 0 saturated carbocycles. The molecule has 0 fully saturated rings. The predicted octanol–water partition coefficient (Wildman–Crippen LogP) is 4.16. The molecule has 0 bridgehead atoms. The highest BCUT2D eigenvalue weighted by molar-refractivity contribution is 5.95. The molecule has 8 heteroatoms. The number of rotatable bonds is 7. The number of carbonyl (C=O) groups is 2. The molecule has 0 aliphatic rings. The number of nitro groups is 1. The van der Waals surface area contributed by atoms with E-state index in [1.807, 2.05) is 19.1 Å². The SMILES string of the molecule is Cc1ccc(C(CC(=O)OC(C)C)NC(=O)c2cc(F)c(C)c([N+](=O)[O-])c2)cc1. The highest BCUT2D eigenvalue weighted by Crippen LogP contribution is 2.24. The van der Waals surface area contributed by atoms with Gasteiger partial charge >= 0.3 is 5.97 Å². The summed E-state index contributed by atoms with van der Waals surface area (Å²) in [6.45, 7) is 6.60. The number of hydrogen-bond donors (Lipinski definition) is 1. The smallest absolute Gasteiger partial charge is 0.308 e. The molecule has 0 heterocycles. The molecule has 29 heavy (non-hydrogen) atoms. The summed E-state index contributed by atoms with van der Waals surface area (Å²) in [6.07, 6.45) is -0.450. The van der Waals surface area contributed by atoms with Gasteiger partial charge in [-0.25, -0.2) is 4.39 Å². The van der Waals surface area contributed by atoms with Gasteiger partial charge in [-0.15, -0.1) is 0 Å². The fourth-order valence-corrected chi connectivity index (χ4v) is 2.76. The summed E-state index contributed by atoms with van der Waals surface area (Å²) in [6, 6.07) is 8.42. The Morgan fingerprint density at radius 2 is 1.79 bits per heavy atom. The molecule has 0 saturated heterocycles. The van der Waals surface area contributed by atoms with Crippen LogP contribution in [-0.4, -0.2) is 22.9 Å². The number of ether oxygens (including phenoxy) is 1. The molecule has 0 radical (unpaired) electrons. The Balaban J connectivity index is 2.32. The van der Waals surface area contributed by atoms with Crippen molar-refractivity contribution >= 4 is 17.6 Å². The van der Waals surface area contributed by atoms with Crippen molar-refractivity contribution in [2.45, 2.75) is 46.3 Å². The lowest BCUT2D eigenvalue weighted by atomic mass is 10.0. The molecule has 0 spiro atoms. The quantitative estimate of drug-likeness (QED) is 0.426. The maximum absolute atomic E-state index is 14.1.